The van der Waals surface area contributed by atoms with Crippen molar-refractivity contribution >= 4 is 17.6 Å². The molecule has 1 aromatic carbocycles. The van der Waals surface area contributed by atoms with Gasteiger partial charge in [-0.25, -0.2) is 9.18 Å². The number of rotatable bonds is 4. The average Bonchev–Trinajstić information content (AvgIpc) is 2.19. The van der Waals surface area contributed by atoms with Crippen LogP contribution in [0.15, 0.2) is 18.2 Å². The molecule has 0 aliphatic rings. The van der Waals surface area contributed by atoms with Crippen LogP contribution in [0.4, 0.5) is 4.39 Å². The van der Waals surface area contributed by atoms with Crippen molar-refractivity contribution in [3.8, 4) is 5.75 Å². The monoisotopic (exact) mass is 232 g/mol. The van der Waals surface area contributed by atoms with E-state index >= 15 is 0 Å². The second kappa shape index (κ2) is 4.98. The Labute approximate surface area is 91.4 Å². The zero-order valence-electron chi connectivity index (χ0n) is 8.04. The summed E-state index contributed by atoms with van der Waals surface area (Å²) in [5.74, 6) is -2.01. The van der Waals surface area contributed by atoms with Crippen LogP contribution in [0.25, 0.3) is 0 Å². The quantitative estimate of drug-likeness (QED) is 0.868. The van der Waals surface area contributed by atoms with Gasteiger partial charge in [-0.1, -0.05) is 24.6 Å². The zero-order chi connectivity index (χ0) is 11.4. The molecule has 0 aliphatic carbocycles. The van der Waals surface area contributed by atoms with E-state index in [1.54, 1.807) is 6.92 Å². The summed E-state index contributed by atoms with van der Waals surface area (Å²) < 4.78 is 18.3. The Balaban J connectivity index is 2.88. The summed E-state index contributed by atoms with van der Waals surface area (Å²) in [5.41, 5.74) is 0. The molecule has 0 radical (unpaired) electrons. The largest absolute Gasteiger partial charge is 0.479 e. The van der Waals surface area contributed by atoms with Crippen LogP contribution < -0.4 is 4.74 Å². The summed E-state index contributed by atoms with van der Waals surface area (Å²) in [6.45, 7) is 1.64. The van der Waals surface area contributed by atoms with Crippen molar-refractivity contribution in [2.45, 2.75) is 19.4 Å². The molecular weight excluding hydrogens is 223 g/mol. The molecule has 0 fully saturated rings. The van der Waals surface area contributed by atoms with Gasteiger partial charge in [-0.15, -0.1) is 0 Å². The SMILES string of the molecule is CCC(Oc1cccc(Cl)c1F)C(=O)O. The number of ether oxygens (including phenoxy) is 1. The normalized spacial score (nSPS) is 12.2. The van der Waals surface area contributed by atoms with E-state index < -0.39 is 17.9 Å². The zero-order valence-corrected chi connectivity index (χ0v) is 8.79. The van der Waals surface area contributed by atoms with E-state index in [1.165, 1.54) is 18.2 Å². The molecule has 0 aliphatic heterocycles. The Kier molecular flexibility index (Phi) is 3.91. The lowest BCUT2D eigenvalue weighted by Gasteiger charge is -2.13. The number of carbonyl (C=O) groups is 1. The van der Waals surface area contributed by atoms with Crippen molar-refractivity contribution in [3.05, 3.63) is 29.0 Å². The summed E-state index contributed by atoms with van der Waals surface area (Å²) in [6, 6.07) is 4.20. The first-order valence-electron chi connectivity index (χ1n) is 4.39. The van der Waals surface area contributed by atoms with Crippen LogP contribution in [0.1, 0.15) is 13.3 Å². The Bertz CT molecular complexity index is 368. The van der Waals surface area contributed by atoms with E-state index in [1.807, 2.05) is 0 Å². The third-order valence-electron chi connectivity index (χ3n) is 1.83. The van der Waals surface area contributed by atoms with Gasteiger partial charge in [0.1, 0.15) is 0 Å². The maximum absolute atomic E-state index is 13.3. The van der Waals surface area contributed by atoms with Crippen molar-refractivity contribution in [2.75, 3.05) is 0 Å². The predicted molar refractivity (Wildman–Crippen MR) is 53.8 cm³/mol. The van der Waals surface area contributed by atoms with Crippen molar-refractivity contribution in [1.82, 2.24) is 0 Å². The lowest BCUT2D eigenvalue weighted by molar-refractivity contribution is -0.145. The highest BCUT2D eigenvalue weighted by molar-refractivity contribution is 6.30. The number of carboxylic acids is 1. The Morgan fingerprint density at radius 1 is 1.67 bits per heavy atom. The molecule has 1 atom stereocenters. The summed E-state index contributed by atoms with van der Waals surface area (Å²) in [5, 5.41) is 8.62. The number of hydrogen-bond acceptors (Lipinski definition) is 2. The number of halogens is 2. The van der Waals surface area contributed by atoms with E-state index in [-0.39, 0.29) is 17.2 Å². The van der Waals surface area contributed by atoms with Gasteiger partial charge >= 0.3 is 5.97 Å². The van der Waals surface area contributed by atoms with Gasteiger partial charge in [0.15, 0.2) is 17.7 Å². The molecule has 0 amide bonds. The molecular formula is C10H10ClFO3. The van der Waals surface area contributed by atoms with Gasteiger partial charge in [-0.3, -0.25) is 0 Å². The minimum Gasteiger partial charge on any atom is -0.479 e. The van der Waals surface area contributed by atoms with Crippen molar-refractivity contribution in [1.29, 1.82) is 0 Å². The van der Waals surface area contributed by atoms with E-state index in [0.717, 1.165) is 0 Å². The topological polar surface area (TPSA) is 46.5 Å². The molecule has 1 rings (SSSR count). The van der Waals surface area contributed by atoms with Crippen molar-refractivity contribution < 1.29 is 19.0 Å². The third kappa shape index (κ3) is 2.83. The molecule has 0 bridgehead atoms. The first kappa shape index (κ1) is 11.8. The molecule has 0 saturated carbocycles. The summed E-state index contributed by atoms with van der Waals surface area (Å²) in [6.07, 6.45) is -0.806. The number of carboxylic acid groups (broad SMARTS) is 1. The highest BCUT2D eigenvalue weighted by atomic mass is 35.5. The lowest BCUT2D eigenvalue weighted by Crippen LogP contribution is -2.26. The van der Waals surface area contributed by atoms with Crippen molar-refractivity contribution in [2.24, 2.45) is 0 Å². The molecule has 1 unspecified atom stereocenters. The van der Waals surface area contributed by atoms with E-state index in [0.29, 0.717) is 0 Å². The molecule has 15 heavy (non-hydrogen) atoms. The second-order valence-corrected chi connectivity index (χ2v) is 3.31. The highest BCUT2D eigenvalue weighted by Crippen LogP contribution is 2.25. The molecule has 0 aromatic heterocycles. The molecule has 0 saturated heterocycles. The molecule has 0 heterocycles. The maximum atomic E-state index is 13.3. The molecule has 0 spiro atoms. The third-order valence-corrected chi connectivity index (χ3v) is 2.12. The van der Waals surface area contributed by atoms with Crippen molar-refractivity contribution in [3.63, 3.8) is 0 Å². The minimum atomic E-state index is -1.13. The van der Waals surface area contributed by atoms with Gasteiger partial charge in [-0.2, -0.15) is 0 Å². The minimum absolute atomic E-state index is 0.0901. The van der Waals surface area contributed by atoms with Crippen LogP contribution >= 0.6 is 11.6 Å². The smallest absolute Gasteiger partial charge is 0.344 e. The van der Waals surface area contributed by atoms with Gasteiger partial charge in [0.2, 0.25) is 0 Å². The molecule has 82 valence electrons. The van der Waals surface area contributed by atoms with Gasteiger partial charge in [0.05, 0.1) is 5.02 Å². The predicted octanol–water partition coefficient (Wildman–Crippen LogP) is 2.72. The fourth-order valence-corrected chi connectivity index (χ4v) is 1.20. The van der Waals surface area contributed by atoms with Crippen LogP contribution in [-0.4, -0.2) is 17.2 Å². The van der Waals surface area contributed by atoms with Gasteiger partial charge in [0.25, 0.3) is 0 Å². The first-order valence-corrected chi connectivity index (χ1v) is 4.77. The fraction of sp³-hybridized carbons (Fsp3) is 0.300. The lowest BCUT2D eigenvalue weighted by atomic mass is 10.2. The van der Waals surface area contributed by atoms with E-state index in [9.17, 15) is 9.18 Å². The molecule has 3 nitrogen and oxygen atoms in total. The molecule has 1 aromatic rings. The standard InChI is InChI=1S/C10H10ClFO3/c1-2-7(10(13)14)15-8-5-3-4-6(11)9(8)12/h3-5,7H,2H2,1H3,(H,13,14). The maximum Gasteiger partial charge on any atom is 0.344 e. The second-order valence-electron chi connectivity index (χ2n) is 2.90. The van der Waals surface area contributed by atoms with Crippen LogP contribution in [0.3, 0.4) is 0 Å². The van der Waals surface area contributed by atoms with Gasteiger partial charge in [-0.05, 0) is 18.6 Å². The van der Waals surface area contributed by atoms with Crippen LogP contribution in [-0.2, 0) is 4.79 Å². The van der Waals surface area contributed by atoms with Crippen LogP contribution in [0.2, 0.25) is 5.02 Å². The Morgan fingerprint density at radius 2 is 2.33 bits per heavy atom. The first-order chi connectivity index (χ1) is 7.06. The van der Waals surface area contributed by atoms with Crippen LogP contribution in [0.5, 0.6) is 5.75 Å². The summed E-state index contributed by atoms with van der Waals surface area (Å²) >= 11 is 5.52. The summed E-state index contributed by atoms with van der Waals surface area (Å²) in [4.78, 5) is 10.7. The van der Waals surface area contributed by atoms with Gasteiger partial charge in [0, 0.05) is 0 Å². The number of aliphatic carboxylic acids is 1. The molecule has 1 N–H and O–H groups in total. The van der Waals surface area contributed by atoms with E-state index in [2.05, 4.69) is 0 Å². The Hall–Kier alpha value is -1.29. The number of hydrogen-bond donors (Lipinski definition) is 1. The highest BCUT2D eigenvalue weighted by Gasteiger charge is 2.19. The number of benzene rings is 1. The molecule has 5 heteroatoms. The van der Waals surface area contributed by atoms with Gasteiger partial charge < -0.3 is 9.84 Å². The fourth-order valence-electron chi connectivity index (χ4n) is 1.04. The summed E-state index contributed by atoms with van der Waals surface area (Å²) in [7, 11) is 0. The average molecular weight is 233 g/mol. The van der Waals surface area contributed by atoms with E-state index in [4.69, 9.17) is 21.4 Å². The Morgan fingerprint density at radius 3 is 2.87 bits per heavy atom. The van der Waals surface area contributed by atoms with Crippen LogP contribution in [0, 0.1) is 5.82 Å².